The lowest BCUT2D eigenvalue weighted by Crippen LogP contribution is -2.59. The number of ether oxygens (including phenoxy) is 4. The standard InChI is InChI=1S/C25H29N3O11/c29-17-7-8-28(25(35)27-17)23-21(33)19(31)16(38-23)11-37-24-22(34)20(32)18(30)15(39-24)10-36-9-13-6-5-12-3-1-2-4-14(12)26-13/h1-8,15-16,18-24,30-34H,9-11H2,(H,27,29,35)/t15-,16+,18+,19+,20-,21+,22-,23+,24+/m0/s1. The van der Waals surface area contributed by atoms with E-state index in [0.29, 0.717) is 5.69 Å². The Morgan fingerprint density at radius 1 is 0.846 bits per heavy atom. The summed E-state index contributed by atoms with van der Waals surface area (Å²) < 4.78 is 23.3. The summed E-state index contributed by atoms with van der Waals surface area (Å²) in [5, 5.41) is 52.9. The third kappa shape index (κ3) is 5.79. The van der Waals surface area contributed by atoms with Gasteiger partial charge < -0.3 is 44.5 Å². The summed E-state index contributed by atoms with van der Waals surface area (Å²) in [6, 6.07) is 12.4. The highest BCUT2D eigenvalue weighted by Gasteiger charge is 2.47. The number of rotatable bonds is 8. The first-order chi connectivity index (χ1) is 18.7. The molecule has 210 valence electrons. The Bertz CT molecular complexity index is 1400. The monoisotopic (exact) mass is 547 g/mol. The topological polar surface area (TPSA) is 206 Å². The quantitative estimate of drug-likeness (QED) is 0.177. The van der Waals surface area contributed by atoms with Gasteiger partial charge >= 0.3 is 5.69 Å². The van der Waals surface area contributed by atoms with Crippen LogP contribution >= 0.6 is 0 Å². The molecule has 0 spiro atoms. The van der Waals surface area contributed by atoms with Crippen molar-refractivity contribution in [2.45, 2.75) is 61.9 Å². The highest BCUT2D eigenvalue weighted by molar-refractivity contribution is 5.78. The molecule has 3 aromatic rings. The molecule has 2 aliphatic heterocycles. The van der Waals surface area contributed by atoms with Crippen molar-refractivity contribution < 1.29 is 44.5 Å². The van der Waals surface area contributed by atoms with E-state index in [-0.39, 0.29) is 13.2 Å². The lowest BCUT2D eigenvalue weighted by atomic mass is 9.99. The molecule has 5 rings (SSSR count). The van der Waals surface area contributed by atoms with E-state index >= 15 is 0 Å². The fourth-order valence-electron chi connectivity index (χ4n) is 4.57. The van der Waals surface area contributed by atoms with Gasteiger partial charge in [-0.15, -0.1) is 0 Å². The first kappa shape index (κ1) is 27.5. The van der Waals surface area contributed by atoms with Crippen molar-refractivity contribution in [1.82, 2.24) is 14.5 Å². The summed E-state index contributed by atoms with van der Waals surface area (Å²) >= 11 is 0. The summed E-state index contributed by atoms with van der Waals surface area (Å²) in [7, 11) is 0. The SMILES string of the molecule is O=c1ccn([C@@H]2O[C@H](CO[C@@H]3O[C@@H](COCc4ccc5ccccc5n4)[C@@H](O)[C@H](O)[C@@H]3O)[C@@H](O)[C@H]2O)c(=O)[nH]1. The molecule has 0 radical (unpaired) electrons. The van der Waals surface area contributed by atoms with E-state index in [9.17, 15) is 35.1 Å². The van der Waals surface area contributed by atoms with Crippen molar-refractivity contribution >= 4 is 10.9 Å². The summed E-state index contributed by atoms with van der Waals surface area (Å²) in [4.78, 5) is 29.9. The third-order valence-electron chi connectivity index (χ3n) is 6.74. The van der Waals surface area contributed by atoms with Crippen LogP contribution in [0, 0.1) is 0 Å². The molecule has 2 aliphatic rings. The Morgan fingerprint density at radius 3 is 2.38 bits per heavy atom. The second kappa shape index (κ2) is 11.6. The minimum atomic E-state index is -1.64. The van der Waals surface area contributed by atoms with Crippen LogP contribution in [0.25, 0.3) is 10.9 Å². The molecule has 0 amide bonds. The molecule has 4 heterocycles. The molecule has 0 unspecified atom stereocenters. The molecule has 2 saturated heterocycles. The van der Waals surface area contributed by atoms with Gasteiger partial charge in [-0.3, -0.25) is 19.3 Å². The van der Waals surface area contributed by atoms with E-state index in [2.05, 4.69) is 4.98 Å². The van der Waals surface area contributed by atoms with E-state index in [1.807, 2.05) is 35.3 Å². The van der Waals surface area contributed by atoms with Crippen LogP contribution in [0.3, 0.4) is 0 Å². The van der Waals surface area contributed by atoms with Gasteiger partial charge in [-0.05, 0) is 12.1 Å². The summed E-state index contributed by atoms with van der Waals surface area (Å²) in [5.41, 5.74) is -0.0336. The predicted molar refractivity (Wildman–Crippen MR) is 131 cm³/mol. The molecule has 14 nitrogen and oxygen atoms in total. The number of aliphatic hydroxyl groups excluding tert-OH is 5. The van der Waals surface area contributed by atoms with E-state index in [1.54, 1.807) is 6.07 Å². The average molecular weight is 548 g/mol. The molecule has 1 aromatic carbocycles. The van der Waals surface area contributed by atoms with Gasteiger partial charge in [0.2, 0.25) is 0 Å². The van der Waals surface area contributed by atoms with Gasteiger partial charge in [0, 0.05) is 17.6 Å². The van der Waals surface area contributed by atoms with Gasteiger partial charge in [-0.1, -0.05) is 24.3 Å². The Hall–Kier alpha value is -3.05. The number of pyridine rings is 1. The van der Waals surface area contributed by atoms with Crippen molar-refractivity contribution in [1.29, 1.82) is 0 Å². The van der Waals surface area contributed by atoms with E-state index in [0.717, 1.165) is 27.7 Å². The zero-order valence-electron chi connectivity index (χ0n) is 20.5. The van der Waals surface area contributed by atoms with Crippen molar-refractivity contribution in [3.63, 3.8) is 0 Å². The maximum atomic E-state index is 12.1. The number of nitrogens with zero attached hydrogens (tertiary/aromatic N) is 2. The Balaban J connectivity index is 1.18. The van der Waals surface area contributed by atoms with Gasteiger partial charge in [0.25, 0.3) is 5.56 Å². The second-order valence-electron chi connectivity index (χ2n) is 9.42. The molecule has 0 bridgehead atoms. The van der Waals surface area contributed by atoms with Crippen molar-refractivity contribution in [3.05, 3.63) is 75.2 Å². The van der Waals surface area contributed by atoms with Gasteiger partial charge in [-0.25, -0.2) is 4.79 Å². The first-order valence-electron chi connectivity index (χ1n) is 12.3. The molecule has 9 atom stereocenters. The van der Waals surface area contributed by atoms with Crippen LogP contribution in [0.2, 0.25) is 0 Å². The second-order valence-corrected chi connectivity index (χ2v) is 9.42. The lowest BCUT2D eigenvalue weighted by molar-refractivity contribution is -0.308. The number of hydrogen-bond acceptors (Lipinski definition) is 12. The number of benzene rings is 1. The molecule has 2 aromatic heterocycles. The fraction of sp³-hybridized carbons (Fsp3) is 0.480. The minimum absolute atomic E-state index is 0.104. The number of nitrogens with one attached hydrogen (secondary N) is 1. The molecule has 39 heavy (non-hydrogen) atoms. The van der Waals surface area contributed by atoms with Crippen LogP contribution in [0.5, 0.6) is 0 Å². The number of hydrogen-bond donors (Lipinski definition) is 6. The van der Waals surface area contributed by atoms with Crippen LogP contribution in [-0.4, -0.2) is 102 Å². The number of aromatic nitrogens is 3. The highest BCUT2D eigenvalue weighted by Crippen LogP contribution is 2.30. The average Bonchev–Trinajstić information content (AvgIpc) is 3.21. The van der Waals surface area contributed by atoms with Crippen LogP contribution in [0.1, 0.15) is 11.9 Å². The molecule has 0 saturated carbocycles. The maximum absolute atomic E-state index is 12.1. The molecular weight excluding hydrogens is 518 g/mol. The van der Waals surface area contributed by atoms with Crippen molar-refractivity contribution in [2.24, 2.45) is 0 Å². The number of H-pyrrole nitrogens is 1. The summed E-state index contributed by atoms with van der Waals surface area (Å²) in [6.07, 6.45) is -11.6. The number of aromatic amines is 1. The van der Waals surface area contributed by atoms with E-state index in [1.165, 1.54) is 0 Å². The molecule has 14 heteroatoms. The van der Waals surface area contributed by atoms with Crippen LogP contribution in [0.15, 0.2) is 58.3 Å². The zero-order chi connectivity index (χ0) is 27.7. The maximum Gasteiger partial charge on any atom is 0.330 e. The van der Waals surface area contributed by atoms with Crippen molar-refractivity contribution in [2.75, 3.05) is 13.2 Å². The molecular formula is C25H29N3O11. The van der Waals surface area contributed by atoms with Gasteiger partial charge in [0.05, 0.1) is 31.0 Å². The first-order valence-corrected chi connectivity index (χ1v) is 12.3. The largest absolute Gasteiger partial charge is 0.387 e. The van der Waals surface area contributed by atoms with E-state index in [4.69, 9.17) is 18.9 Å². The van der Waals surface area contributed by atoms with Crippen molar-refractivity contribution in [3.8, 4) is 0 Å². The Morgan fingerprint density at radius 2 is 1.59 bits per heavy atom. The van der Waals surface area contributed by atoms with Gasteiger partial charge in [0.1, 0.15) is 42.7 Å². The van der Waals surface area contributed by atoms with Gasteiger partial charge in [-0.2, -0.15) is 0 Å². The van der Waals surface area contributed by atoms with Gasteiger partial charge in [0.15, 0.2) is 12.5 Å². The third-order valence-corrected chi connectivity index (χ3v) is 6.74. The molecule has 2 fully saturated rings. The fourth-order valence-corrected chi connectivity index (χ4v) is 4.57. The predicted octanol–water partition coefficient (Wildman–Crippen LogP) is -2.25. The van der Waals surface area contributed by atoms with Crippen LogP contribution in [0.4, 0.5) is 0 Å². The molecule has 0 aliphatic carbocycles. The number of aliphatic hydroxyl groups is 5. The molecule has 6 N–H and O–H groups in total. The smallest absolute Gasteiger partial charge is 0.330 e. The number of para-hydroxylation sites is 1. The number of fused-ring (bicyclic) bond motifs is 1. The van der Waals surface area contributed by atoms with E-state index < -0.39 is 73.1 Å². The van der Waals surface area contributed by atoms with Crippen LogP contribution < -0.4 is 11.2 Å². The Kier molecular flexibility index (Phi) is 8.18. The summed E-state index contributed by atoms with van der Waals surface area (Å²) in [5.74, 6) is 0. The highest BCUT2D eigenvalue weighted by atomic mass is 16.7. The lowest BCUT2D eigenvalue weighted by Gasteiger charge is -2.40. The zero-order valence-corrected chi connectivity index (χ0v) is 20.5. The minimum Gasteiger partial charge on any atom is -0.387 e. The summed E-state index contributed by atoms with van der Waals surface area (Å²) in [6.45, 7) is -0.461. The van der Waals surface area contributed by atoms with Crippen LogP contribution in [-0.2, 0) is 25.6 Å². The Labute approximate surface area is 220 Å². The normalized spacial score (nSPS) is 33.0.